The number of rotatable bonds is 9. The molecule has 0 saturated carbocycles. The summed E-state index contributed by atoms with van der Waals surface area (Å²) in [5.74, 6) is 0.989. The number of carbonyl (C=O) groups excluding carboxylic acids is 1. The molecule has 2 N–H and O–H groups in total. The van der Waals surface area contributed by atoms with Gasteiger partial charge in [-0.25, -0.2) is 4.79 Å². The van der Waals surface area contributed by atoms with Gasteiger partial charge < -0.3 is 38.6 Å². The summed E-state index contributed by atoms with van der Waals surface area (Å²) < 4.78 is 35.6. The molecule has 0 radical (unpaired) electrons. The molecule has 0 fully saturated rings. The van der Waals surface area contributed by atoms with Crippen molar-refractivity contribution in [3.63, 3.8) is 0 Å². The van der Waals surface area contributed by atoms with Crippen LogP contribution in [-0.2, 0) is 16.1 Å². The molecule has 10 heteroatoms. The van der Waals surface area contributed by atoms with Crippen LogP contribution in [0.4, 0.5) is 4.79 Å². The molecule has 51 heavy (non-hydrogen) atoms. The maximum atomic E-state index is 14.7. The summed E-state index contributed by atoms with van der Waals surface area (Å²) in [5.41, 5.74) is 7.25. The van der Waals surface area contributed by atoms with Gasteiger partial charge in [0.2, 0.25) is 12.5 Å². The molecule has 2 aliphatic heterocycles. The van der Waals surface area contributed by atoms with Gasteiger partial charge in [0.15, 0.2) is 23.0 Å². The van der Waals surface area contributed by atoms with E-state index in [1.807, 2.05) is 66.7 Å². The molecular formula is C41H37NO9. The first-order valence-electron chi connectivity index (χ1n) is 16.8. The van der Waals surface area contributed by atoms with E-state index in [9.17, 15) is 15.0 Å². The maximum Gasteiger partial charge on any atom is 0.411 e. The lowest BCUT2D eigenvalue weighted by Gasteiger charge is -2.46. The fourth-order valence-electron chi connectivity index (χ4n) is 7.62. The SMILES string of the molecule is COc1cc([C@@H]2c3cc4c(cc3[C@H](OCc3ccccc3)[C@@H](CO)N2C(=O)OCC2c3ccccc3-c3ccccc32)OCO4)cc(OC)c1O. The van der Waals surface area contributed by atoms with E-state index in [0.29, 0.717) is 28.2 Å². The number of amides is 1. The Kier molecular flexibility index (Phi) is 8.63. The van der Waals surface area contributed by atoms with Crippen LogP contribution in [-0.4, -0.2) is 61.5 Å². The van der Waals surface area contributed by atoms with E-state index < -0.39 is 30.9 Å². The van der Waals surface area contributed by atoms with Crippen LogP contribution in [0.25, 0.3) is 11.1 Å². The molecule has 10 nitrogen and oxygen atoms in total. The van der Waals surface area contributed by atoms with Gasteiger partial charge in [-0.05, 0) is 68.8 Å². The van der Waals surface area contributed by atoms with Crippen LogP contribution in [0.5, 0.6) is 28.7 Å². The van der Waals surface area contributed by atoms with Crippen LogP contribution >= 0.6 is 0 Å². The Morgan fingerprint density at radius 3 is 1.98 bits per heavy atom. The molecular weight excluding hydrogens is 650 g/mol. The Morgan fingerprint density at radius 1 is 0.784 bits per heavy atom. The van der Waals surface area contributed by atoms with Crippen LogP contribution in [0, 0.1) is 0 Å². The highest BCUT2D eigenvalue weighted by Crippen LogP contribution is 2.51. The molecule has 260 valence electrons. The molecule has 5 aromatic rings. The lowest BCUT2D eigenvalue weighted by Crippen LogP contribution is -2.52. The molecule has 0 saturated heterocycles. The van der Waals surface area contributed by atoms with E-state index in [-0.39, 0.29) is 43.2 Å². The number of methoxy groups -OCH3 is 2. The topological polar surface area (TPSA) is 116 Å². The van der Waals surface area contributed by atoms with Gasteiger partial charge in [-0.1, -0.05) is 78.9 Å². The second-order valence-corrected chi connectivity index (χ2v) is 12.7. The fraction of sp³-hybridized carbons (Fsp3) is 0.244. The minimum absolute atomic E-state index is 0.0405. The third-order valence-corrected chi connectivity index (χ3v) is 9.99. The first-order valence-corrected chi connectivity index (χ1v) is 16.8. The lowest BCUT2D eigenvalue weighted by molar-refractivity contribution is -0.0603. The zero-order valence-electron chi connectivity index (χ0n) is 28.2. The number of phenolic OH excluding ortho intramolecular Hbond substituents is 1. The Morgan fingerprint density at radius 2 is 1.37 bits per heavy atom. The number of nitrogens with zero attached hydrogens (tertiary/aromatic N) is 1. The van der Waals surface area contributed by atoms with Gasteiger partial charge in [0.25, 0.3) is 0 Å². The van der Waals surface area contributed by atoms with E-state index in [1.54, 1.807) is 12.1 Å². The van der Waals surface area contributed by atoms with Gasteiger partial charge in [-0.2, -0.15) is 0 Å². The number of fused-ring (bicyclic) bond motifs is 5. The number of benzene rings is 5. The predicted molar refractivity (Wildman–Crippen MR) is 187 cm³/mol. The summed E-state index contributed by atoms with van der Waals surface area (Å²) in [4.78, 5) is 16.3. The molecule has 1 aliphatic carbocycles. The smallest absolute Gasteiger partial charge is 0.411 e. The third kappa shape index (κ3) is 5.66. The van der Waals surface area contributed by atoms with Crippen molar-refractivity contribution in [3.05, 3.63) is 137 Å². The standard InChI is InChI=1S/C41H37NO9/c1-46-36-16-25(17-37(47-2)39(36)44)38-30-18-34-35(51-23-50-34)19-31(30)40(48-21-24-10-4-3-5-11-24)33(20-43)42(38)41(45)49-22-32-28-14-8-6-12-26(28)27-13-7-9-15-29(27)32/h3-19,32-33,38,40,43-44H,20-23H2,1-2H3/t33-,38-,40+/m1/s1. The maximum absolute atomic E-state index is 14.7. The van der Waals surface area contributed by atoms with Gasteiger partial charge in [0.05, 0.1) is 39.5 Å². The summed E-state index contributed by atoms with van der Waals surface area (Å²) in [6.07, 6.45) is -1.43. The van der Waals surface area contributed by atoms with Crippen molar-refractivity contribution in [2.75, 3.05) is 34.2 Å². The molecule has 0 aromatic heterocycles. The Bertz CT molecular complexity index is 2010. The van der Waals surface area contributed by atoms with Gasteiger partial charge >= 0.3 is 6.09 Å². The van der Waals surface area contributed by atoms with E-state index in [4.69, 9.17) is 28.4 Å². The summed E-state index contributed by atoms with van der Waals surface area (Å²) >= 11 is 0. The van der Waals surface area contributed by atoms with Crippen LogP contribution in [0.3, 0.4) is 0 Å². The molecule has 0 unspecified atom stereocenters. The van der Waals surface area contributed by atoms with Crippen LogP contribution in [0.1, 0.15) is 51.4 Å². The van der Waals surface area contributed by atoms with Gasteiger partial charge in [0, 0.05) is 5.92 Å². The average Bonchev–Trinajstić information content (AvgIpc) is 3.77. The first-order chi connectivity index (χ1) is 25.0. The highest BCUT2D eigenvalue weighted by molar-refractivity contribution is 5.79. The van der Waals surface area contributed by atoms with Crippen molar-refractivity contribution in [3.8, 4) is 39.9 Å². The predicted octanol–water partition coefficient (Wildman–Crippen LogP) is 7.11. The summed E-state index contributed by atoms with van der Waals surface area (Å²) in [5, 5.41) is 22.0. The quantitative estimate of drug-likeness (QED) is 0.167. The van der Waals surface area contributed by atoms with Crippen molar-refractivity contribution in [1.82, 2.24) is 4.90 Å². The van der Waals surface area contributed by atoms with Crippen LogP contribution in [0.15, 0.2) is 103 Å². The third-order valence-electron chi connectivity index (χ3n) is 9.99. The lowest BCUT2D eigenvalue weighted by atomic mass is 9.82. The average molecular weight is 688 g/mol. The summed E-state index contributed by atoms with van der Waals surface area (Å²) in [6, 6.07) is 31.3. The normalized spacial score (nSPS) is 18.5. The number of hydrogen-bond acceptors (Lipinski definition) is 9. The second kappa shape index (κ2) is 13.5. The van der Waals surface area contributed by atoms with E-state index in [0.717, 1.165) is 27.8 Å². The number of ether oxygens (including phenoxy) is 6. The molecule has 0 bridgehead atoms. The Labute approximate surface area is 295 Å². The number of aromatic hydroxyl groups is 1. The van der Waals surface area contributed by atoms with Crippen molar-refractivity contribution in [1.29, 1.82) is 0 Å². The van der Waals surface area contributed by atoms with Crippen molar-refractivity contribution in [2.45, 2.75) is 30.7 Å². The number of hydrogen-bond donors (Lipinski definition) is 2. The van der Waals surface area contributed by atoms with Gasteiger partial charge in [-0.3, -0.25) is 4.90 Å². The van der Waals surface area contributed by atoms with Crippen LogP contribution in [0.2, 0.25) is 0 Å². The molecule has 8 rings (SSSR count). The van der Waals surface area contributed by atoms with E-state index in [1.165, 1.54) is 19.1 Å². The highest BCUT2D eigenvalue weighted by Gasteiger charge is 2.47. The van der Waals surface area contributed by atoms with E-state index >= 15 is 0 Å². The molecule has 3 atom stereocenters. The molecule has 3 aliphatic rings. The van der Waals surface area contributed by atoms with Crippen molar-refractivity contribution >= 4 is 6.09 Å². The van der Waals surface area contributed by atoms with Crippen molar-refractivity contribution in [2.24, 2.45) is 0 Å². The zero-order chi connectivity index (χ0) is 35.1. The number of phenols is 1. The number of aliphatic hydroxyl groups excluding tert-OH is 1. The zero-order valence-corrected chi connectivity index (χ0v) is 28.2. The summed E-state index contributed by atoms with van der Waals surface area (Å²) in [6.45, 7) is -0.112. The fourth-order valence-corrected chi connectivity index (χ4v) is 7.62. The van der Waals surface area contributed by atoms with Gasteiger partial charge in [0.1, 0.15) is 12.7 Å². The molecule has 1 amide bonds. The van der Waals surface area contributed by atoms with E-state index in [2.05, 4.69) is 24.3 Å². The summed E-state index contributed by atoms with van der Waals surface area (Å²) in [7, 11) is 2.89. The highest BCUT2D eigenvalue weighted by atomic mass is 16.7. The Hall–Kier alpha value is -5.71. The monoisotopic (exact) mass is 687 g/mol. The molecule has 0 spiro atoms. The molecule has 2 heterocycles. The van der Waals surface area contributed by atoms with Crippen LogP contribution < -0.4 is 18.9 Å². The molecule has 5 aromatic carbocycles. The number of carbonyl (C=O) groups is 1. The largest absolute Gasteiger partial charge is 0.502 e. The van der Waals surface area contributed by atoms with Crippen molar-refractivity contribution < 1.29 is 43.4 Å². The first kappa shape index (κ1) is 32.5. The second-order valence-electron chi connectivity index (χ2n) is 12.7. The minimum Gasteiger partial charge on any atom is -0.502 e. The number of aliphatic hydroxyl groups is 1. The Balaban J connectivity index is 1.24. The van der Waals surface area contributed by atoms with Gasteiger partial charge in [-0.15, -0.1) is 0 Å². The minimum atomic E-state index is -0.895.